The van der Waals surface area contributed by atoms with Crippen LogP contribution >= 0.6 is 0 Å². The molecule has 0 aromatic heterocycles. The van der Waals surface area contributed by atoms with Crippen LogP contribution in [0.2, 0.25) is 0 Å². The van der Waals surface area contributed by atoms with Crippen molar-refractivity contribution in [2.24, 2.45) is 0 Å². The van der Waals surface area contributed by atoms with E-state index in [0.29, 0.717) is 19.3 Å². The predicted octanol–water partition coefficient (Wildman–Crippen LogP) is 25.1. The highest BCUT2D eigenvalue weighted by Crippen LogP contribution is 2.19. The van der Waals surface area contributed by atoms with Gasteiger partial charge in [-0.05, 0) is 77.0 Å². The maximum Gasteiger partial charge on any atom is 0.306 e. The smallest absolute Gasteiger partial charge is 0.306 e. The summed E-state index contributed by atoms with van der Waals surface area (Å²) in [5, 5.41) is 0. The van der Waals surface area contributed by atoms with Gasteiger partial charge in [-0.3, -0.25) is 14.4 Å². The first-order valence-corrected chi connectivity index (χ1v) is 36.5. The zero-order valence-corrected chi connectivity index (χ0v) is 54.8. The normalized spacial score (nSPS) is 12.2. The van der Waals surface area contributed by atoms with Crippen molar-refractivity contribution in [3.63, 3.8) is 0 Å². The van der Waals surface area contributed by atoms with E-state index in [9.17, 15) is 14.4 Å². The predicted molar refractivity (Wildman–Crippen MR) is 353 cm³/mol. The summed E-state index contributed by atoms with van der Waals surface area (Å²) in [7, 11) is 0. The van der Waals surface area contributed by atoms with Gasteiger partial charge in [-0.25, -0.2) is 0 Å². The Morgan fingerprint density at radius 3 is 0.716 bits per heavy atom. The van der Waals surface area contributed by atoms with E-state index in [1.807, 2.05) is 0 Å². The number of hydrogen-bond donors (Lipinski definition) is 0. The number of unbranched alkanes of at least 4 members (excludes halogenated alkanes) is 51. The zero-order chi connectivity index (χ0) is 58.5. The number of rotatable bonds is 68. The fourth-order valence-corrected chi connectivity index (χ4v) is 11.1. The Kier molecular flexibility index (Phi) is 68.1. The molecule has 1 atom stereocenters. The van der Waals surface area contributed by atoms with Gasteiger partial charge in [0.05, 0.1) is 0 Å². The standard InChI is InChI=1S/C75H140O6/c1-4-7-10-13-16-19-22-25-28-29-30-31-32-33-34-35-36-37-38-39-40-41-42-43-44-45-48-50-53-56-59-62-65-68-74(77)80-71-72(81-75(78)69-66-63-60-57-54-51-47-27-24-21-18-15-12-9-6-3)70-79-73(76)67-64-61-58-55-52-49-46-26-23-20-17-14-11-8-5-2/h18,21,26-27,46-47,72H,4-17,19-20,22-25,28-45,48-71H2,1-3H3/b21-18-,46-26-,47-27-. The fourth-order valence-electron chi connectivity index (χ4n) is 11.1. The van der Waals surface area contributed by atoms with Gasteiger partial charge in [0.15, 0.2) is 6.10 Å². The molecule has 0 aliphatic heterocycles. The van der Waals surface area contributed by atoms with Crippen LogP contribution in [-0.2, 0) is 28.6 Å². The maximum absolute atomic E-state index is 12.9. The summed E-state index contributed by atoms with van der Waals surface area (Å²) < 4.78 is 17.0. The molecule has 0 saturated carbocycles. The molecule has 6 nitrogen and oxygen atoms in total. The van der Waals surface area contributed by atoms with Crippen molar-refractivity contribution >= 4 is 17.9 Å². The van der Waals surface area contributed by atoms with Crippen molar-refractivity contribution in [2.45, 2.75) is 412 Å². The van der Waals surface area contributed by atoms with Gasteiger partial charge in [0.2, 0.25) is 0 Å². The lowest BCUT2D eigenvalue weighted by molar-refractivity contribution is -0.167. The second-order valence-corrected chi connectivity index (χ2v) is 24.9. The van der Waals surface area contributed by atoms with Gasteiger partial charge in [0, 0.05) is 19.3 Å². The van der Waals surface area contributed by atoms with Gasteiger partial charge in [-0.15, -0.1) is 0 Å². The van der Waals surface area contributed by atoms with E-state index >= 15 is 0 Å². The molecule has 0 heterocycles. The first-order chi connectivity index (χ1) is 40.0. The van der Waals surface area contributed by atoms with Crippen LogP contribution in [0.25, 0.3) is 0 Å². The molecule has 0 bridgehead atoms. The monoisotopic (exact) mass is 1140 g/mol. The Hall–Kier alpha value is -2.37. The number of carbonyl (C=O) groups is 3. The Morgan fingerprint density at radius 2 is 0.444 bits per heavy atom. The van der Waals surface area contributed by atoms with Crippen LogP contribution in [0, 0.1) is 0 Å². The number of esters is 3. The highest BCUT2D eigenvalue weighted by atomic mass is 16.6. The minimum absolute atomic E-state index is 0.0763. The van der Waals surface area contributed by atoms with Crippen LogP contribution in [0.1, 0.15) is 406 Å². The van der Waals surface area contributed by atoms with Crippen molar-refractivity contribution in [2.75, 3.05) is 13.2 Å². The third-order valence-electron chi connectivity index (χ3n) is 16.6. The minimum Gasteiger partial charge on any atom is -0.462 e. The summed E-state index contributed by atoms with van der Waals surface area (Å²) in [5.74, 6) is -0.873. The lowest BCUT2D eigenvalue weighted by atomic mass is 10.0. The fraction of sp³-hybridized carbons (Fsp3) is 0.880. The number of hydrogen-bond acceptors (Lipinski definition) is 6. The molecule has 0 spiro atoms. The Labute approximate surface area is 506 Å². The van der Waals surface area contributed by atoms with E-state index in [1.54, 1.807) is 0 Å². The number of ether oxygens (including phenoxy) is 3. The summed E-state index contributed by atoms with van der Waals surface area (Å²) in [4.78, 5) is 38.4. The molecule has 81 heavy (non-hydrogen) atoms. The van der Waals surface area contributed by atoms with Crippen molar-refractivity contribution < 1.29 is 28.6 Å². The molecule has 476 valence electrons. The second-order valence-electron chi connectivity index (χ2n) is 24.9. The topological polar surface area (TPSA) is 78.9 Å². The maximum atomic E-state index is 12.9. The second kappa shape index (κ2) is 70.1. The van der Waals surface area contributed by atoms with Crippen LogP contribution < -0.4 is 0 Å². The molecule has 0 amide bonds. The number of allylic oxidation sites excluding steroid dienone is 6. The van der Waals surface area contributed by atoms with E-state index in [1.165, 1.54) is 276 Å². The SMILES string of the molecule is CCCCC/C=C\C/C=C\CCCCCCCC(=O)OC(COC(=O)CCCCCCC/C=C\CCCCCCCC)COC(=O)CCCCCCCCCCCCCCCCCCCCCCCCCCCCCCCCCCC. The first-order valence-electron chi connectivity index (χ1n) is 36.5. The minimum atomic E-state index is -0.782. The molecule has 0 aromatic carbocycles. The van der Waals surface area contributed by atoms with E-state index in [4.69, 9.17) is 14.2 Å². The summed E-state index contributed by atoms with van der Waals surface area (Å²) >= 11 is 0. The average molecular weight is 1140 g/mol. The Bertz CT molecular complexity index is 1350. The van der Waals surface area contributed by atoms with Crippen LogP contribution in [0.15, 0.2) is 36.5 Å². The zero-order valence-electron chi connectivity index (χ0n) is 54.8. The largest absolute Gasteiger partial charge is 0.462 e. The van der Waals surface area contributed by atoms with Crippen LogP contribution in [0.4, 0.5) is 0 Å². The van der Waals surface area contributed by atoms with Crippen LogP contribution in [0.3, 0.4) is 0 Å². The van der Waals surface area contributed by atoms with Gasteiger partial charge >= 0.3 is 17.9 Å². The van der Waals surface area contributed by atoms with Crippen molar-refractivity contribution in [1.82, 2.24) is 0 Å². The van der Waals surface area contributed by atoms with Crippen LogP contribution in [-0.4, -0.2) is 37.2 Å². The van der Waals surface area contributed by atoms with E-state index in [2.05, 4.69) is 57.2 Å². The van der Waals surface area contributed by atoms with Crippen molar-refractivity contribution in [3.05, 3.63) is 36.5 Å². The van der Waals surface area contributed by atoms with E-state index in [0.717, 1.165) is 89.9 Å². The molecular weight excluding hydrogens is 997 g/mol. The van der Waals surface area contributed by atoms with Gasteiger partial charge in [0.25, 0.3) is 0 Å². The average Bonchev–Trinajstić information content (AvgIpc) is 3.47. The molecule has 0 aromatic rings. The third-order valence-corrected chi connectivity index (χ3v) is 16.6. The van der Waals surface area contributed by atoms with Gasteiger partial charge < -0.3 is 14.2 Å². The molecule has 0 aliphatic carbocycles. The lowest BCUT2D eigenvalue weighted by Crippen LogP contribution is -2.30. The molecule has 0 fully saturated rings. The Morgan fingerprint density at radius 1 is 0.247 bits per heavy atom. The summed E-state index contributed by atoms with van der Waals surface area (Å²) in [5.41, 5.74) is 0. The van der Waals surface area contributed by atoms with Crippen LogP contribution in [0.5, 0.6) is 0 Å². The van der Waals surface area contributed by atoms with Gasteiger partial charge in [0.1, 0.15) is 13.2 Å². The molecule has 0 aliphatic rings. The molecule has 0 radical (unpaired) electrons. The third kappa shape index (κ3) is 68.3. The summed E-state index contributed by atoms with van der Waals surface area (Å²) in [6.07, 6.45) is 87.7. The molecule has 1 unspecified atom stereocenters. The molecular formula is C75H140O6. The van der Waals surface area contributed by atoms with E-state index < -0.39 is 6.10 Å². The highest BCUT2D eigenvalue weighted by Gasteiger charge is 2.19. The van der Waals surface area contributed by atoms with E-state index in [-0.39, 0.29) is 31.1 Å². The Balaban J connectivity index is 4.11. The lowest BCUT2D eigenvalue weighted by Gasteiger charge is -2.18. The summed E-state index contributed by atoms with van der Waals surface area (Å²) in [6, 6.07) is 0. The van der Waals surface area contributed by atoms with Crippen molar-refractivity contribution in [3.8, 4) is 0 Å². The molecule has 0 rings (SSSR count). The van der Waals surface area contributed by atoms with Crippen molar-refractivity contribution in [1.29, 1.82) is 0 Å². The molecule has 0 N–H and O–H groups in total. The molecule has 6 heteroatoms. The van der Waals surface area contributed by atoms with Gasteiger partial charge in [-0.2, -0.15) is 0 Å². The van der Waals surface area contributed by atoms with Gasteiger partial charge in [-0.1, -0.05) is 346 Å². The quantitative estimate of drug-likeness (QED) is 0.0261. The summed E-state index contributed by atoms with van der Waals surface area (Å²) in [6.45, 7) is 6.66. The highest BCUT2D eigenvalue weighted by molar-refractivity contribution is 5.71. The first kappa shape index (κ1) is 78.6. The number of carbonyl (C=O) groups excluding carboxylic acids is 3. The molecule has 0 saturated heterocycles.